The van der Waals surface area contributed by atoms with Gasteiger partial charge in [0.25, 0.3) is 0 Å². The molecule has 0 bridgehead atoms. The fourth-order valence-electron chi connectivity index (χ4n) is 4.88. The molecule has 168 valence electrons. The van der Waals surface area contributed by atoms with Gasteiger partial charge < -0.3 is 14.5 Å². The van der Waals surface area contributed by atoms with Crippen molar-refractivity contribution in [3.8, 4) is 0 Å². The zero-order valence-electron chi connectivity index (χ0n) is 19.6. The summed E-state index contributed by atoms with van der Waals surface area (Å²) in [6, 6.07) is 20.4. The maximum absolute atomic E-state index is 13.9. The lowest BCUT2D eigenvalue weighted by atomic mass is 9.83. The van der Waals surface area contributed by atoms with E-state index in [1.165, 1.54) is 5.56 Å². The molecule has 1 amide bonds. The average Bonchev–Trinajstić information content (AvgIpc) is 2.78. The lowest BCUT2D eigenvalue weighted by Gasteiger charge is -2.48. The third-order valence-electron chi connectivity index (χ3n) is 6.84. The van der Waals surface area contributed by atoms with Gasteiger partial charge in [0.05, 0.1) is 26.7 Å². The minimum Gasteiger partial charge on any atom is -0.839 e. The summed E-state index contributed by atoms with van der Waals surface area (Å²) >= 11 is 0. The molecule has 2 aromatic rings. The zero-order valence-corrected chi connectivity index (χ0v) is 19.6. The van der Waals surface area contributed by atoms with Crippen molar-refractivity contribution >= 4 is 5.91 Å². The van der Waals surface area contributed by atoms with Crippen molar-refractivity contribution in [2.75, 3.05) is 33.7 Å². The molecule has 0 spiro atoms. The highest BCUT2D eigenvalue weighted by atomic mass is 16.3. The van der Waals surface area contributed by atoms with Crippen LogP contribution in [0.25, 0.3) is 0 Å². The molecule has 1 atom stereocenters. The maximum Gasteiger partial charge on any atom is 0.216 e. The fourth-order valence-corrected chi connectivity index (χ4v) is 4.88. The summed E-state index contributed by atoms with van der Waals surface area (Å²) in [5.41, 5.74) is 0.267. The lowest BCUT2D eigenvalue weighted by molar-refractivity contribution is -0.916. The summed E-state index contributed by atoms with van der Waals surface area (Å²) in [5, 5.41) is 13.9. The van der Waals surface area contributed by atoms with Gasteiger partial charge in [0, 0.05) is 32.4 Å². The Morgan fingerprint density at radius 1 is 1.03 bits per heavy atom. The molecule has 1 heterocycles. The van der Waals surface area contributed by atoms with E-state index < -0.39 is 5.60 Å². The van der Waals surface area contributed by atoms with Crippen LogP contribution >= 0.6 is 0 Å². The first-order valence-corrected chi connectivity index (χ1v) is 11.6. The van der Waals surface area contributed by atoms with Crippen LogP contribution in [-0.4, -0.2) is 55.1 Å². The summed E-state index contributed by atoms with van der Waals surface area (Å²) in [7, 11) is 4.59. The van der Waals surface area contributed by atoms with E-state index in [-0.39, 0.29) is 11.8 Å². The smallest absolute Gasteiger partial charge is 0.216 e. The lowest BCUT2D eigenvalue weighted by Crippen LogP contribution is -2.60. The minimum atomic E-state index is -1.69. The molecule has 2 aromatic carbocycles. The van der Waals surface area contributed by atoms with E-state index in [4.69, 9.17) is 0 Å². The number of carbonyl (C=O) groups is 1. The molecule has 1 saturated heterocycles. The molecule has 0 N–H and O–H groups in total. The van der Waals surface area contributed by atoms with Crippen LogP contribution in [0.4, 0.5) is 0 Å². The third kappa shape index (κ3) is 5.75. The van der Waals surface area contributed by atoms with Gasteiger partial charge in [-0.2, -0.15) is 0 Å². The minimum absolute atomic E-state index is 0.160. The quantitative estimate of drug-likeness (QED) is 0.610. The van der Waals surface area contributed by atoms with Gasteiger partial charge in [0.15, 0.2) is 0 Å². The molecule has 3 rings (SSSR count). The van der Waals surface area contributed by atoms with Gasteiger partial charge in [-0.15, -0.1) is 0 Å². The van der Waals surface area contributed by atoms with Crippen molar-refractivity contribution in [3.05, 3.63) is 71.8 Å². The molecule has 0 saturated carbocycles. The first kappa shape index (κ1) is 23.5. The van der Waals surface area contributed by atoms with Crippen molar-refractivity contribution < 1.29 is 14.4 Å². The molecular weight excluding hydrogens is 384 g/mol. The van der Waals surface area contributed by atoms with Gasteiger partial charge in [-0.3, -0.25) is 4.79 Å². The van der Waals surface area contributed by atoms with E-state index in [0.717, 1.165) is 30.3 Å². The Kier molecular flexibility index (Phi) is 7.55. The van der Waals surface area contributed by atoms with Crippen molar-refractivity contribution in [2.24, 2.45) is 5.92 Å². The van der Waals surface area contributed by atoms with E-state index in [0.29, 0.717) is 31.1 Å². The summed E-state index contributed by atoms with van der Waals surface area (Å²) < 4.78 is 0.949. The largest absolute Gasteiger partial charge is 0.839 e. The Morgan fingerprint density at radius 3 is 2.13 bits per heavy atom. The second-order valence-electron chi connectivity index (χ2n) is 10.1. The standard InChI is InChI=1S/C27H38N2O2/c1-22(2)21-27(31,24-13-9-6-10-14-24)26(30)28-18-15-25(16-19-28)29(3,4)20-17-23-11-7-5-8-12-23/h5-14,22,25H,15-21H2,1-4H3. The molecule has 1 unspecified atom stereocenters. The number of likely N-dealkylation sites (N-methyl/N-ethyl adjacent to an activating group) is 1. The molecule has 0 aliphatic carbocycles. The SMILES string of the molecule is CC(C)CC([O-])(C(=O)N1CCC([N+](C)(C)CCc2ccccc2)CC1)c1ccccc1. The summed E-state index contributed by atoms with van der Waals surface area (Å²) in [6.45, 7) is 6.45. The molecule has 1 aliphatic rings. The molecular formula is C27H38N2O2. The summed E-state index contributed by atoms with van der Waals surface area (Å²) in [4.78, 5) is 15.3. The Labute approximate surface area is 188 Å². The molecule has 31 heavy (non-hydrogen) atoms. The number of carbonyl (C=O) groups excluding carboxylic acids is 1. The van der Waals surface area contributed by atoms with Gasteiger partial charge in [-0.05, 0) is 29.1 Å². The molecule has 4 heteroatoms. The number of nitrogens with zero attached hydrogens (tertiary/aromatic N) is 2. The summed E-state index contributed by atoms with van der Waals surface area (Å²) in [5.74, 6) is -0.0896. The number of hydrogen-bond acceptors (Lipinski definition) is 2. The van der Waals surface area contributed by atoms with Crippen LogP contribution in [-0.2, 0) is 16.8 Å². The van der Waals surface area contributed by atoms with Gasteiger partial charge >= 0.3 is 0 Å². The maximum atomic E-state index is 13.9. The fraction of sp³-hybridized carbons (Fsp3) is 0.519. The number of likely N-dealkylation sites (tertiary alicyclic amines) is 1. The van der Waals surface area contributed by atoms with Gasteiger partial charge in [-0.1, -0.05) is 74.5 Å². The van der Waals surface area contributed by atoms with Crippen LogP contribution in [0.5, 0.6) is 0 Å². The van der Waals surface area contributed by atoms with Crippen molar-refractivity contribution in [3.63, 3.8) is 0 Å². The Hall–Kier alpha value is -2.17. The Bertz CT molecular complexity index is 827. The van der Waals surface area contributed by atoms with E-state index in [2.05, 4.69) is 44.4 Å². The number of rotatable bonds is 8. The van der Waals surface area contributed by atoms with E-state index in [1.54, 1.807) is 0 Å². The molecule has 4 nitrogen and oxygen atoms in total. The predicted octanol–water partition coefficient (Wildman–Crippen LogP) is 3.60. The highest BCUT2D eigenvalue weighted by Crippen LogP contribution is 2.30. The number of benzene rings is 2. The van der Waals surface area contributed by atoms with Crippen molar-refractivity contribution in [1.29, 1.82) is 0 Å². The second kappa shape index (κ2) is 9.97. The highest BCUT2D eigenvalue weighted by Gasteiger charge is 2.37. The zero-order chi connectivity index (χ0) is 22.5. The highest BCUT2D eigenvalue weighted by molar-refractivity contribution is 5.86. The van der Waals surface area contributed by atoms with Gasteiger partial charge in [-0.25, -0.2) is 0 Å². The average molecular weight is 423 g/mol. The Morgan fingerprint density at radius 2 is 1.58 bits per heavy atom. The first-order valence-electron chi connectivity index (χ1n) is 11.6. The van der Waals surface area contributed by atoms with Gasteiger partial charge in [0.2, 0.25) is 5.91 Å². The van der Waals surface area contributed by atoms with Gasteiger partial charge in [0.1, 0.15) is 0 Å². The molecule has 1 aliphatic heterocycles. The molecule has 1 fully saturated rings. The third-order valence-corrected chi connectivity index (χ3v) is 6.84. The number of quaternary nitrogens is 1. The van der Waals surface area contributed by atoms with Crippen molar-refractivity contribution in [2.45, 2.75) is 51.2 Å². The van der Waals surface area contributed by atoms with Crippen LogP contribution in [0.2, 0.25) is 0 Å². The normalized spacial score (nSPS) is 17.5. The topological polar surface area (TPSA) is 43.4 Å². The first-order chi connectivity index (χ1) is 14.7. The monoisotopic (exact) mass is 422 g/mol. The van der Waals surface area contributed by atoms with E-state index in [9.17, 15) is 9.90 Å². The predicted molar refractivity (Wildman–Crippen MR) is 124 cm³/mol. The van der Waals surface area contributed by atoms with Crippen LogP contribution in [0.1, 0.15) is 44.2 Å². The number of amides is 1. The van der Waals surface area contributed by atoms with Crippen LogP contribution in [0.3, 0.4) is 0 Å². The molecule has 0 radical (unpaired) electrons. The van der Waals surface area contributed by atoms with E-state index >= 15 is 0 Å². The Balaban J connectivity index is 1.63. The van der Waals surface area contributed by atoms with Crippen LogP contribution in [0.15, 0.2) is 60.7 Å². The van der Waals surface area contributed by atoms with Crippen LogP contribution in [0, 0.1) is 5.92 Å². The molecule has 0 aromatic heterocycles. The second-order valence-corrected chi connectivity index (χ2v) is 10.1. The van der Waals surface area contributed by atoms with Crippen LogP contribution < -0.4 is 5.11 Å². The number of piperidine rings is 1. The summed E-state index contributed by atoms with van der Waals surface area (Å²) in [6.07, 6.45) is 3.27. The number of hydrogen-bond donors (Lipinski definition) is 0. The van der Waals surface area contributed by atoms with E-state index in [1.807, 2.05) is 49.1 Å². The van der Waals surface area contributed by atoms with Crippen molar-refractivity contribution in [1.82, 2.24) is 4.90 Å².